The molecular weight excluding hydrogens is 437 g/mol. The summed E-state index contributed by atoms with van der Waals surface area (Å²) in [7, 11) is 1.72. The summed E-state index contributed by atoms with van der Waals surface area (Å²) < 4.78 is 31.1. The Kier molecular flexibility index (Phi) is 8.66. The van der Waals surface area contributed by atoms with Gasteiger partial charge in [-0.3, -0.25) is 0 Å². The van der Waals surface area contributed by atoms with Crippen LogP contribution in [-0.4, -0.2) is 67.7 Å². The molecule has 0 bridgehead atoms. The molecule has 2 fully saturated rings. The monoisotopic (exact) mass is 473 g/mol. The Morgan fingerprint density at radius 3 is 2.68 bits per heavy atom. The van der Waals surface area contributed by atoms with E-state index in [1.165, 1.54) is 6.20 Å². The average Bonchev–Trinajstić information content (AvgIpc) is 2.86. The van der Waals surface area contributed by atoms with Crippen LogP contribution < -0.4 is 21.1 Å². The number of rotatable bonds is 10. The van der Waals surface area contributed by atoms with Crippen LogP contribution in [0.3, 0.4) is 0 Å². The fraction of sp³-hybridized carbons (Fsp3) is 0.600. The van der Waals surface area contributed by atoms with Crippen LogP contribution in [0.1, 0.15) is 38.5 Å². The minimum atomic E-state index is -0.423. The van der Waals surface area contributed by atoms with Crippen molar-refractivity contribution in [3.8, 4) is 17.0 Å². The zero-order chi connectivity index (χ0) is 23.8. The molecule has 0 aromatic carbocycles. The topological polar surface area (TPSA) is 104 Å². The zero-order valence-electron chi connectivity index (χ0n) is 19.9. The second-order valence-electron chi connectivity index (χ2n) is 9.34. The van der Waals surface area contributed by atoms with Gasteiger partial charge in [-0.2, -0.15) is 0 Å². The van der Waals surface area contributed by atoms with Crippen LogP contribution in [0, 0.1) is 5.82 Å². The van der Waals surface area contributed by atoms with E-state index in [-0.39, 0.29) is 5.82 Å². The number of aromatic nitrogens is 2. The molecule has 1 saturated heterocycles. The van der Waals surface area contributed by atoms with Crippen molar-refractivity contribution in [2.75, 3.05) is 45.4 Å². The summed E-state index contributed by atoms with van der Waals surface area (Å²) >= 11 is 0. The van der Waals surface area contributed by atoms with Gasteiger partial charge in [-0.15, -0.1) is 0 Å². The molecule has 1 aliphatic carbocycles. The summed E-state index contributed by atoms with van der Waals surface area (Å²) in [6.07, 6.45) is 8.65. The second kappa shape index (κ2) is 11.9. The Morgan fingerprint density at radius 1 is 1.15 bits per heavy atom. The van der Waals surface area contributed by atoms with Crippen molar-refractivity contribution in [3.63, 3.8) is 0 Å². The van der Waals surface area contributed by atoms with Crippen LogP contribution in [0.4, 0.5) is 10.2 Å². The molecule has 3 heterocycles. The number of pyridine rings is 2. The lowest BCUT2D eigenvalue weighted by Gasteiger charge is -2.32. The fourth-order valence-corrected chi connectivity index (χ4v) is 4.55. The van der Waals surface area contributed by atoms with Crippen molar-refractivity contribution >= 4 is 5.82 Å². The Bertz CT molecular complexity index is 917. The van der Waals surface area contributed by atoms with E-state index in [0.29, 0.717) is 54.7 Å². The molecule has 4 rings (SSSR count). The van der Waals surface area contributed by atoms with Crippen molar-refractivity contribution < 1.29 is 18.6 Å². The number of anilines is 1. The quantitative estimate of drug-likeness (QED) is 0.452. The van der Waals surface area contributed by atoms with Gasteiger partial charge in [0.2, 0.25) is 5.88 Å². The predicted molar refractivity (Wildman–Crippen MR) is 129 cm³/mol. The minimum Gasteiger partial charge on any atom is -0.476 e. The molecule has 34 heavy (non-hydrogen) atoms. The lowest BCUT2D eigenvalue weighted by atomic mass is 9.91. The van der Waals surface area contributed by atoms with E-state index in [1.807, 2.05) is 0 Å². The van der Waals surface area contributed by atoms with E-state index >= 15 is 0 Å². The average molecular weight is 474 g/mol. The third-order valence-electron chi connectivity index (χ3n) is 6.72. The van der Waals surface area contributed by atoms with Gasteiger partial charge in [-0.1, -0.05) is 0 Å². The highest BCUT2D eigenvalue weighted by Crippen LogP contribution is 2.29. The van der Waals surface area contributed by atoms with Gasteiger partial charge in [0, 0.05) is 56.8 Å². The SMILES string of the molecule is COCCNC1CCC(Nc2cc(-c3ccnc(OCC4(N)CCOCC4)c3)c(F)cn2)CC1. The Morgan fingerprint density at radius 2 is 1.91 bits per heavy atom. The normalized spacial score (nSPS) is 22.3. The molecule has 9 heteroatoms. The van der Waals surface area contributed by atoms with Gasteiger partial charge in [0.1, 0.15) is 18.2 Å². The van der Waals surface area contributed by atoms with Gasteiger partial charge in [0.25, 0.3) is 0 Å². The van der Waals surface area contributed by atoms with E-state index in [0.717, 1.165) is 51.7 Å². The number of hydrogen-bond donors (Lipinski definition) is 3. The van der Waals surface area contributed by atoms with E-state index < -0.39 is 5.54 Å². The molecule has 1 aliphatic heterocycles. The molecule has 0 atom stereocenters. The third-order valence-corrected chi connectivity index (χ3v) is 6.72. The summed E-state index contributed by atoms with van der Waals surface area (Å²) in [5.74, 6) is 0.724. The summed E-state index contributed by atoms with van der Waals surface area (Å²) in [4.78, 5) is 8.56. The maximum Gasteiger partial charge on any atom is 0.213 e. The maximum atomic E-state index is 14.7. The molecule has 2 aromatic rings. The highest BCUT2D eigenvalue weighted by molar-refractivity contribution is 5.67. The number of nitrogens with zero attached hydrogens (tertiary/aromatic N) is 2. The number of ether oxygens (including phenoxy) is 3. The summed E-state index contributed by atoms with van der Waals surface area (Å²) in [5, 5.41) is 7.02. The van der Waals surface area contributed by atoms with Gasteiger partial charge in [-0.05, 0) is 56.2 Å². The molecule has 0 spiro atoms. The number of hydrogen-bond acceptors (Lipinski definition) is 8. The first-order valence-electron chi connectivity index (χ1n) is 12.1. The summed E-state index contributed by atoms with van der Waals surface area (Å²) in [5.41, 5.74) is 7.14. The van der Waals surface area contributed by atoms with Crippen LogP contribution in [0.15, 0.2) is 30.6 Å². The predicted octanol–water partition coefficient (Wildman–Crippen LogP) is 3.13. The van der Waals surface area contributed by atoms with Gasteiger partial charge < -0.3 is 30.6 Å². The molecule has 2 aliphatic rings. The van der Waals surface area contributed by atoms with Crippen molar-refractivity contribution in [1.82, 2.24) is 15.3 Å². The van der Waals surface area contributed by atoms with Crippen LogP contribution in [0.5, 0.6) is 5.88 Å². The molecule has 0 radical (unpaired) electrons. The van der Waals surface area contributed by atoms with Gasteiger partial charge in [0.05, 0.1) is 18.3 Å². The zero-order valence-corrected chi connectivity index (χ0v) is 19.9. The molecule has 186 valence electrons. The first-order valence-corrected chi connectivity index (χ1v) is 12.1. The highest BCUT2D eigenvalue weighted by Gasteiger charge is 2.29. The van der Waals surface area contributed by atoms with Crippen LogP contribution in [-0.2, 0) is 9.47 Å². The van der Waals surface area contributed by atoms with E-state index in [1.54, 1.807) is 31.5 Å². The fourth-order valence-electron chi connectivity index (χ4n) is 4.55. The number of nitrogens with two attached hydrogens (primary N) is 1. The molecule has 2 aromatic heterocycles. The second-order valence-corrected chi connectivity index (χ2v) is 9.34. The Hall–Kier alpha value is -2.33. The molecule has 4 N–H and O–H groups in total. The molecule has 0 unspecified atom stereocenters. The summed E-state index contributed by atoms with van der Waals surface area (Å²) in [6, 6.07) is 6.14. The van der Waals surface area contributed by atoms with Gasteiger partial charge in [0.15, 0.2) is 0 Å². The molecule has 8 nitrogen and oxygen atoms in total. The highest BCUT2D eigenvalue weighted by atomic mass is 19.1. The third kappa shape index (κ3) is 6.85. The lowest BCUT2D eigenvalue weighted by Crippen LogP contribution is -2.49. The van der Waals surface area contributed by atoms with Crippen molar-refractivity contribution in [2.45, 2.75) is 56.1 Å². The van der Waals surface area contributed by atoms with Gasteiger partial charge in [-0.25, -0.2) is 14.4 Å². The molecule has 1 saturated carbocycles. The smallest absolute Gasteiger partial charge is 0.213 e. The van der Waals surface area contributed by atoms with E-state index in [2.05, 4.69) is 20.6 Å². The van der Waals surface area contributed by atoms with Crippen molar-refractivity contribution in [1.29, 1.82) is 0 Å². The van der Waals surface area contributed by atoms with Crippen LogP contribution in [0.2, 0.25) is 0 Å². The standard InChI is InChI=1S/C25H36FN5O3/c1-32-13-10-28-19-2-4-20(5-3-19)31-23-15-21(22(26)16-30-23)18-6-9-29-24(14-18)34-17-25(27)7-11-33-12-8-25/h6,9,14-16,19-20,28H,2-5,7-8,10-13,17,27H2,1H3,(H,30,31). The number of nitrogens with one attached hydrogen (secondary N) is 2. The number of halogens is 1. The largest absolute Gasteiger partial charge is 0.476 e. The minimum absolute atomic E-state index is 0.322. The lowest BCUT2D eigenvalue weighted by molar-refractivity contribution is 0.0335. The molecule has 0 amide bonds. The Labute approximate surface area is 200 Å². The summed E-state index contributed by atoms with van der Waals surface area (Å²) in [6.45, 7) is 3.22. The molecular formula is C25H36FN5O3. The van der Waals surface area contributed by atoms with Crippen LogP contribution >= 0.6 is 0 Å². The Balaban J connectivity index is 1.36. The van der Waals surface area contributed by atoms with Crippen LogP contribution in [0.25, 0.3) is 11.1 Å². The first kappa shape index (κ1) is 24.8. The van der Waals surface area contributed by atoms with Crippen molar-refractivity contribution in [2.24, 2.45) is 5.73 Å². The maximum absolute atomic E-state index is 14.7. The van der Waals surface area contributed by atoms with E-state index in [9.17, 15) is 4.39 Å². The van der Waals surface area contributed by atoms with Crippen molar-refractivity contribution in [3.05, 3.63) is 36.4 Å². The first-order chi connectivity index (χ1) is 16.5. The number of methoxy groups -OCH3 is 1. The van der Waals surface area contributed by atoms with E-state index in [4.69, 9.17) is 19.9 Å². The van der Waals surface area contributed by atoms with Gasteiger partial charge >= 0.3 is 0 Å².